The molecule has 0 aromatic carbocycles. The highest BCUT2D eigenvalue weighted by Gasteiger charge is 2.18. The lowest BCUT2D eigenvalue weighted by Gasteiger charge is -2.20. The van der Waals surface area contributed by atoms with Gasteiger partial charge in [0.25, 0.3) is 0 Å². The molecule has 0 saturated heterocycles. The maximum atomic E-state index is 12.4. The van der Waals surface area contributed by atoms with Crippen LogP contribution in [0.4, 0.5) is 0 Å². The zero-order valence-electron chi connectivity index (χ0n) is 47.0. The third kappa shape index (κ3) is 55.4. The van der Waals surface area contributed by atoms with E-state index in [1.807, 2.05) is 6.08 Å². The second kappa shape index (κ2) is 59.6. The fourth-order valence-electron chi connectivity index (χ4n) is 9.61. The molecule has 0 aliphatic carbocycles. The molecule has 0 aliphatic rings. The van der Waals surface area contributed by atoms with E-state index in [0.717, 1.165) is 51.4 Å². The smallest absolute Gasteiger partial charge is 0.305 e. The van der Waals surface area contributed by atoms with Crippen LogP contribution in [0.5, 0.6) is 0 Å². The molecule has 1 amide bonds. The van der Waals surface area contributed by atoms with Gasteiger partial charge in [-0.05, 0) is 64.2 Å². The van der Waals surface area contributed by atoms with Crippen LogP contribution in [-0.2, 0) is 14.3 Å². The molecular formula is C64H121NO5. The van der Waals surface area contributed by atoms with E-state index in [2.05, 4.69) is 43.5 Å². The number of unbranched alkanes of at least 4 members (excludes halogenated alkanes) is 43. The Bertz CT molecular complexity index is 1130. The van der Waals surface area contributed by atoms with Crippen molar-refractivity contribution in [3.8, 4) is 0 Å². The first-order valence-electron chi connectivity index (χ1n) is 31.3. The van der Waals surface area contributed by atoms with Crippen LogP contribution in [0.2, 0.25) is 0 Å². The topological polar surface area (TPSA) is 95.9 Å². The summed E-state index contributed by atoms with van der Waals surface area (Å²) in [6.07, 6.45) is 74.7. The minimum Gasteiger partial charge on any atom is -0.466 e. The molecule has 70 heavy (non-hydrogen) atoms. The number of carbonyl (C=O) groups is 2. The fourth-order valence-corrected chi connectivity index (χ4v) is 9.61. The molecule has 0 bridgehead atoms. The second-order valence-corrected chi connectivity index (χ2v) is 21.4. The van der Waals surface area contributed by atoms with Crippen LogP contribution in [-0.4, -0.2) is 47.4 Å². The fraction of sp³-hybridized carbons (Fsp3) is 0.875. The van der Waals surface area contributed by atoms with Gasteiger partial charge in [0, 0.05) is 12.8 Å². The summed E-state index contributed by atoms with van der Waals surface area (Å²) < 4.78 is 5.49. The summed E-state index contributed by atoms with van der Waals surface area (Å²) in [5, 5.41) is 23.1. The van der Waals surface area contributed by atoms with Crippen molar-refractivity contribution in [1.82, 2.24) is 5.32 Å². The molecule has 412 valence electrons. The van der Waals surface area contributed by atoms with Gasteiger partial charge >= 0.3 is 5.97 Å². The van der Waals surface area contributed by atoms with Crippen molar-refractivity contribution in [2.24, 2.45) is 0 Å². The van der Waals surface area contributed by atoms with Gasteiger partial charge in [-0.2, -0.15) is 0 Å². The van der Waals surface area contributed by atoms with E-state index in [9.17, 15) is 19.8 Å². The van der Waals surface area contributed by atoms with E-state index in [4.69, 9.17) is 4.74 Å². The van der Waals surface area contributed by atoms with Gasteiger partial charge in [-0.1, -0.05) is 294 Å². The van der Waals surface area contributed by atoms with E-state index >= 15 is 0 Å². The molecule has 0 saturated carbocycles. The third-order valence-corrected chi connectivity index (χ3v) is 14.4. The summed E-state index contributed by atoms with van der Waals surface area (Å²) in [5.41, 5.74) is 0. The molecule has 0 aliphatic heterocycles. The lowest BCUT2D eigenvalue weighted by Crippen LogP contribution is -2.45. The van der Waals surface area contributed by atoms with Crippen LogP contribution in [0.3, 0.4) is 0 Å². The van der Waals surface area contributed by atoms with E-state index in [1.54, 1.807) is 6.08 Å². The Balaban J connectivity index is 3.38. The van der Waals surface area contributed by atoms with Crippen molar-refractivity contribution in [2.45, 2.75) is 347 Å². The van der Waals surface area contributed by atoms with Gasteiger partial charge in [0.2, 0.25) is 5.91 Å². The van der Waals surface area contributed by atoms with E-state index in [-0.39, 0.29) is 18.5 Å². The molecular weight excluding hydrogens is 863 g/mol. The average Bonchev–Trinajstić information content (AvgIpc) is 3.36. The Kier molecular flexibility index (Phi) is 58.0. The van der Waals surface area contributed by atoms with E-state index < -0.39 is 12.1 Å². The predicted molar refractivity (Wildman–Crippen MR) is 306 cm³/mol. The zero-order chi connectivity index (χ0) is 50.7. The lowest BCUT2D eigenvalue weighted by atomic mass is 10.0. The molecule has 0 aromatic rings. The summed E-state index contributed by atoms with van der Waals surface area (Å²) in [6, 6.07) is -0.627. The molecule has 2 unspecified atom stereocenters. The maximum absolute atomic E-state index is 12.4. The molecule has 0 heterocycles. The molecule has 3 N–H and O–H groups in total. The highest BCUT2D eigenvalue weighted by atomic mass is 16.5. The van der Waals surface area contributed by atoms with Crippen LogP contribution in [0.1, 0.15) is 335 Å². The van der Waals surface area contributed by atoms with Crippen molar-refractivity contribution in [2.75, 3.05) is 13.2 Å². The van der Waals surface area contributed by atoms with Gasteiger partial charge in [-0.15, -0.1) is 0 Å². The molecule has 0 radical (unpaired) electrons. The number of carbonyl (C=O) groups excluding carboxylic acids is 2. The van der Waals surface area contributed by atoms with Gasteiger partial charge in [0.05, 0.1) is 25.4 Å². The van der Waals surface area contributed by atoms with Crippen LogP contribution in [0.25, 0.3) is 0 Å². The Labute approximate surface area is 436 Å². The monoisotopic (exact) mass is 984 g/mol. The number of nitrogens with one attached hydrogen (secondary N) is 1. The van der Waals surface area contributed by atoms with Gasteiger partial charge < -0.3 is 20.3 Å². The Morgan fingerprint density at radius 2 is 0.714 bits per heavy atom. The third-order valence-electron chi connectivity index (χ3n) is 14.4. The number of ether oxygens (including phenoxy) is 1. The normalized spacial score (nSPS) is 12.8. The van der Waals surface area contributed by atoms with Crippen molar-refractivity contribution in [1.29, 1.82) is 0 Å². The maximum Gasteiger partial charge on any atom is 0.305 e. The first-order chi connectivity index (χ1) is 34.5. The molecule has 6 heteroatoms. The number of rotatable bonds is 58. The second-order valence-electron chi connectivity index (χ2n) is 21.4. The molecule has 0 fully saturated rings. The summed E-state index contributed by atoms with van der Waals surface area (Å²) in [5.74, 6) is -0.0625. The summed E-state index contributed by atoms with van der Waals surface area (Å²) >= 11 is 0. The van der Waals surface area contributed by atoms with Crippen LogP contribution < -0.4 is 5.32 Å². The number of hydrogen-bond acceptors (Lipinski definition) is 5. The Hall–Kier alpha value is -1.92. The first-order valence-corrected chi connectivity index (χ1v) is 31.3. The highest BCUT2D eigenvalue weighted by Crippen LogP contribution is 2.17. The number of amides is 1. The van der Waals surface area contributed by atoms with Crippen molar-refractivity contribution < 1.29 is 24.5 Å². The molecule has 0 spiro atoms. The number of hydrogen-bond donors (Lipinski definition) is 3. The standard InChI is InChI=1S/C64H121NO5/c1-3-5-7-9-11-13-15-17-18-19-27-30-34-38-42-46-50-54-58-64(69)70-59-55-51-47-43-39-35-31-28-25-23-21-20-22-24-26-29-33-37-41-45-49-53-57-63(68)65-61(60-66)62(67)56-52-48-44-40-36-32-16-14-12-10-8-6-4-2/h13,15,18-19,52,56,61-62,66-67H,3-12,14,16-17,20-51,53-55,57-60H2,1-2H3,(H,65,68)/b15-13-,19-18-,56-52+. The number of esters is 1. The quantitative estimate of drug-likeness (QED) is 0.0321. The number of allylic oxidation sites excluding steroid dienone is 5. The molecule has 6 nitrogen and oxygen atoms in total. The van der Waals surface area contributed by atoms with Crippen molar-refractivity contribution in [3.63, 3.8) is 0 Å². The largest absolute Gasteiger partial charge is 0.466 e. The first kappa shape index (κ1) is 68.1. The Morgan fingerprint density at radius 1 is 0.400 bits per heavy atom. The predicted octanol–water partition coefficient (Wildman–Crippen LogP) is 19.6. The lowest BCUT2D eigenvalue weighted by molar-refractivity contribution is -0.143. The minimum atomic E-state index is -0.844. The Morgan fingerprint density at radius 3 is 1.10 bits per heavy atom. The zero-order valence-corrected chi connectivity index (χ0v) is 47.0. The number of aliphatic hydroxyl groups excluding tert-OH is 2. The van der Waals surface area contributed by atoms with Crippen LogP contribution in [0, 0.1) is 0 Å². The van der Waals surface area contributed by atoms with Gasteiger partial charge in [0.15, 0.2) is 0 Å². The van der Waals surface area contributed by atoms with Crippen molar-refractivity contribution in [3.05, 3.63) is 36.5 Å². The van der Waals surface area contributed by atoms with Gasteiger partial charge in [0.1, 0.15) is 0 Å². The van der Waals surface area contributed by atoms with Gasteiger partial charge in [-0.3, -0.25) is 9.59 Å². The van der Waals surface area contributed by atoms with Crippen LogP contribution >= 0.6 is 0 Å². The average molecular weight is 985 g/mol. The minimum absolute atomic E-state index is 0.00537. The van der Waals surface area contributed by atoms with Crippen molar-refractivity contribution >= 4 is 11.9 Å². The number of aliphatic hydroxyl groups is 2. The van der Waals surface area contributed by atoms with Crippen LogP contribution in [0.15, 0.2) is 36.5 Å². The van der Waals surface area contributed by atoms with E-state index in [1.165, 1.54) is 257 Å². The summed E-state index contributed by atoms with van der Waals surface area (Å²) in [7, 11) is 0. The molecule has 2 atom stereocenters. The summed E-state index contributed by atoms with van der Waals surface area (Å²) in [6.45, 7) is 4.89. The molecule has 0 aromatic heterocycles. The van der Waals surface area contributed by atoms with E-state index in [0.29, 0.717) is 19.4 Å². The summed E-state index contributed by atoms with van der Waals surface area (Å²) in [4.78, 5) is 24.5. The molecule has 0 rings (SSSR count). The van der Waals surface area contributed by atoms with Gasteiger partial charge in [-0.25, -0.2) is 0 Å². The SMILES string of the molecule is CCCCCC/C=C\C/C=C\CCCCCCCCCC(=O)OCCCCCCCCCCCCCCCCCCCCCCCCC(=O)NC(CO)C(O)/C=C/CCCCCCCCCCCCC. The highest BCUT2D eigenvalue weighted by molar-refractivity contribution is 5.76.